The fraction of sp³-hybridized carbons (Fsp3) is 0.500. The number of aryl methyl sites for hydroxylation is 1. The maximum absolute atomic E-state index is 13.4. The van der Waals surface area contributed by atoms with Crippen LogP contribution in [0.25, 0.3) is 0 Å². The zero-order chi connectivity index (χ0) is 15.1. The number of carboxylic acid groups (broad SMARTS) is 1. The topological polar surface area (TPSA) is 66.4 Å². The number of amides is 1. The molecule has 2 aliphatic carbocycles. The number of carbonyl (C=O) groups excluding carboxylic acids is 1. The maximum Gasteiger partial charge on any atom is 0.308 e. The summed E-state index contributed by atoms with van der Waals surface area (Å²) in [6.07, 6.45) is 2.75. The van der Waals surface area contributed by atoms with E-state index in [0.29, 0.717) is 5.56 Å². The molecule has 5 heteroatoms. The molecule has 0 aliphatic heterocycles. The van der Waals surface area contributed by atoms with Crippen LogP contribution in [0, 0.1) is 30.5 Å². The molecule has 1 aromatic rings. The average molecular weight is 291 g/mol. The largest absolute Gasteiger partial charge is 0.481 e. The monoisotopic (exact) mass is 291 g/mol. The molecule has 0 radical (unpaired) electrons. The van der Waals surface area contributed by atoms with Crippen molar-refractivity contribution in [2.75, 3.05) is 0 Å². The van der Waals surface area contributed by atoms with Gasteiger partial charge in [-0.05, 0) is 61.8 Å². The van der Waals surface area contributed by atoms with Gasteiger partial charge in [-0.2, -0.15) is 0 Å². The van der Waals surface area contributed by atoms with Gasteiger partial charge in [0.1, 0.15) is 5.82 Å². The Morgan fingerprint density at radius 2 is 1.95 bits per heavy atom. The van der Waals surface area contributed by atoms with Gasteiger partial charge in [0, 0.05) is 11.6 Å². The number of halogens is 1. The molecule has 0 saturated heterocycles. The van der Waals surface area contributed by atoms with Crippen molar-refractivity contribution in [2.24, 2.45) is 17.8 Å². The lowest BCUT2D eigenvalue weighted by molar-refractivity contribution is -0.144. The van der Waals surface area contributed by atoms with Crippen molar-refractivity contribution in [3.63, 3.8) is 0 Å². The first-order chi connectivity index (χ1) is 9.95. The van der Waals surface area contributed by atoms with Crippen molar-refractivity contribution in [1.29, 1.82) is 0 Å². The number of aliphatic carboxylic acids is 1. The first-order valence-electron chi connectivity index (χ1n) is 7.26. The highest BCUT2D eigenvalue weighted by Crippen LogP contribution is 2.48. The van der Waals surface area contributed by atoms with E-state index < -0.39 is 17.7 Å². The third-order valence-corrected chi connectivity index (χ3v) is 4.80. The second kappa shape index (κ2) is 5.13. The van der Waals surface area contributed by atoms with Gasteiger partial charge in [0.25, 0.3) is 5.91 Å². The van der Waals surface area contributed by atoms with E-state index in [1.54, 1.807) is 13.0 Å². The molecule has 21 heavy (non-hydrogen) atoms. The Kier molecular flexibility index (Phi) is 3.43. The second-order valence-electron chi connectivity index (χ2n) is 6.21. The van der Waals surface area contributed by atoms with E-state index in [9.17, 15) is 19.1 Å². The summed E-state index contributed by atoms with van der Waals surface area (Å²) in [7, 11) is 0. The molecule has 4 nitrogen and oxygen atoms in total. The zero-order valence-electron chi connectivity index (χ0n) is 11.8. The second-order valence-corrected chi connectivity index (χ2v) is 6.21. The Hall–Kier alpha value is -1.91. The molecule has 1 amide bonds. The smallest absolute Gasteiger partial charge is 0.308 e. The fourth-order valence-corrected chi connectivity index (χ4v) is 3.96. The molecule has 2 saturated carbocycles. The number of carbonyl (C=O) groups is 2. The number of benzene rings is 1. The highest BCUT2D eigenvalue weighted by atomic mass is 19.1. The van der Waals surface area contributed by atoms with E-state index in [-0.39, 0.29) is 29.3 Å². The lowest BCUT2D eigenvalue weighted by atomic mass is 9.84. The van der Waals surface area contributed by atoms with Gasteiger partial charge in [-0.3, -0.25) is 9.59 Å². The summed E-state index contributed by atoms with van der Waals surface area (Å²) in [6.45, 7) is 1.72. The highest BCUT2D eigenvalue weighted by molar-refractivity contribution is 5.95. The van der Waals surface area contributed by atoms with Gasteiger partial charge in [0.2, 0.25) is 0 Å². The van der Waals surface area contributed by atoms with E-state index in [0.717, 1.165) is 19.3 Å². The van der Waals surface area contributed by atoms with Gasteiger partial charge in [-0.15, -0.1) is 0 Å². The molecule has 4 unspecified atom stereocenters. The van der Waals surface area contributed by atoms with Crippen molar-refractivity contribution < 1.29 is 19.1 Å². The molecule has 2 N–H and O–H groups in total. The predicted molar refractivity (Wildman–Crippen MR) is 74.3 cm³/mol. The molecule has 4 atom stereocenters. The molecule has 0 spiro atoms. The molecule has 2 fully saturated rings. The third-order valence-electron chi connectivity index (χ3n) is 4.80. The summed E-state index contributed by atoms with van der Waals surface area (Å²) in [4.78, 5) is 23.7. The zero-order valence-corrected chi connectivity index (χ0v) is 11.8. The molecule has 0 aromatic heterocycles. The normalized spacial score (nSPS) is 30.4. The SMILES string of the molecule is Cc1cc(F)cc(C(=O)NC2C3CCC(C3)C2C(=O)O)c1. The van der Waals surface area contributed by atoms with Crippen LogP contribution in [-0.4, -0.2) is 23.0 Å². The van der Waals surface area contributed by atoms with Crippen LogP contribution in [0.2, 0.25) is 0 Å². The van der Waals surface area contributed by atoms with E-state index in [4.69, 9.17) is 0 Å². The Morgan fingerprint density at radius 3 is 2.62 bits per heavy atom. The molecule has 1 aromatic carbocycles. The van der Waals surface area contributed by atoms with Gasteiger partial charge in [0.05, 0.1) is 5.92 Å². The van der Waals surface area contributed by atoms with Crippen LogP contribution < -0.4 is 5.32 Å². The number of hydrogen-bond donors (Lipinski definition) is 2. The molecule has 2 aliphatic rings. The summed E-state index contributed by atoms with van der Waals surface area (Å²) < 4.78 is 13.4. The van der Waals surface area contributed by atoms with Crippen molar-refractivity contribution >= 4 is 11.9 Å². The van der Waals surface area contributed by atoms with Crippen molar-refractivity contribution in [3.8, 4) is 0 Å². The van der Waals surface area contributed by atoms with Crippen LogP contribution >= 0.6 is 0 Å². The molecular weight excluding hydrogens is 273 g/mol. The minimum absolute atomic E-state index is 0.159. The Morgan fingerprint density at radius 1 is 1.24 bits per heavy atom. The third kappa shape index (κ3) is 2.52. The van der Waals surface area contributed by atoms with E-state index in [1.165, 1.54) is 12.1 Å². The van der Waals surface area contributed by atoms with Crippen LogP contribution in [0.1, 0.15) is 35.2 Å². The van der Waals surface area contributed by atoms with Gasteiger partial charge in [0.15, 0.2) is 0 Å². The molecule has 112 valence electrons. The highest BCUT2D eigenvalue weighted by Gasteiger charge is 2.51. The summed E-state index contributed by atoms with van der Waals surface area (Å²) >= 11 is 0. The summed E-state index contributed by atoms with van der Waals surface area (Å²) in [6, 6.07) is 3.82. The van der Waals surface area contributed by atoms with Gasteiger partial charge < -0.3 is 10.4 Å². The van der Waals surface area contributed by atoms with Gasteiger partial charge in [-0.25, -0.2) is 4.39 Å². The predicted octanol–water partition coefficient (Wildman–Crippen LogP) is 2.36. The van der Waals surface area contributed by atoms with Crippen molar-refractivity contribution in [2.45, 2.75) is 32.2 Å². The van der Waals surface area contributed by atoms with Crippen molar-refractivity contribution in [1.82, 2.24) is 5.32 Å². The number of rotatable bonds is 3. The van der Waals surface area contributed by atoms with Crippen LogP contribution in [-0.2, 0) is 4.79 Å². The van der Waals surface area contributed by atoms with E-state index in [1.807, 2.05) is 0 Å². The van der Waals surface area contributed by atoms with Crippen LogP contribution in [0.3, 0.4) is 0 Å². The van der Waals surface area contributed by atoms with Gasteiger partial charge in [-0.1, -0.05) is 0 Å². The van der Waals surface area contributed by atoms with E-state index >= 15 is 0 Å². The maximum atomic E-state index is 13.4. The molecule has 0 heterocycles. The molecular formula is C16H18FNO3. The average Bonchev–Trinajstić information content (AvgIpc) is 2.97. The van der Waals surface area contributed by atoms with Crippen LogP contribution in [0.5, 0.6) is 0 Å². The van der Waals surface area contributed by atoms with Crippen LogP contribution in [0.4, 0.5) is 4.39 Å². The van der Waals surface area contributed by atoms with Gasteiger partial charge >= 0.3 is 5.97 Å². The summed E-state index contributed by atoms with van der Waals surface area (Å²) in [5.41, 5.74) is 0.919. The molecule has 2 bridgehead atoms. The molecule has 3 rings (SSSR count). The lowest BCUT2D eigenvalue weighted by Gasteiger charge is -2.28. The fourth-order valence-electron chi connectivity index (χ4n) is 3.96. The number of hydrogen-bond acceptors (Lipinski definition) is 2. The Balaban J connectivity index is 1.79. The first-order valence-corrected chi connectivity index (χ1v) is 7.26. The van der Waals surface area contributed by atoms with E-state index in [2.05, 4.69) is 5.32 Å². The first kappa shape index (κ1) is 14.0. The number of carboxylic acids is 1. The van der Waals surface area contributed by atoms with Crippen LogP contribution in [0.15, 0.2) is 18.2 Å². The number of nitrogens with one attached hydrogen (secondary N) is 1. The Bertz CT molecular complexity index is 581. The summed E-state index contributed by atoms with van der Waals surface area (Å²) in [5, 5.41) is 12.2. The summed E-state index contributed by atoms with van der Waals surface area (Å²) in [5.74, 6) is -1.81. The minimum Gasteiger partial charge on any atom is -0.481 e. The minimum atomic E-state index is -0.845. The standard InChI is InChI=1S/C16H18FNO3/c1-8-4-11(7-12(17)5-8)15(19)18-14-10-3-2-9(6-10)13(14)16(20)21/h4-5,7,9-10,13-14H,2-3,6H2,1H3,(H,18,19)(H,20,21). The quantitative estimate of drug-likeness (QED) is 0.898. The van der Waals surface area contributed by atoms with Crippen molar-refractivity contribution in [3.05, 3.63) is 35.1 Å². The number of fused-ring (bicyclic) bond motifs is 2. The lowest BCUT2D eigenvalue weighted by Crippen LogP contribution is -2.46. The Labute approximate surface area is 122 Å².